The second-order valence-electron chi connectivity index (χ2n) is 6.10. The zero-order valence-corrected chi connectivity index (χ0v) is 12.8. The fraction of sp³-hybridized carbons (Fsp3) is 0.800. The molecule has 0 unspecified atom stereocenters. The van der Waals surface area contributed by atoms with Crippen LogP contribution in [0.3, 0.4) is 0 Å². The number of carbonyl (C=O) groups is 3. The van der Waals surface area contributed by atoms with Gasteiger partial charge in [-0.3, -0.25) is 14.4 Å². The lowest BCUT2D eigenvalue weighted by Crippen LogP contribution is -2.49. The van der Waals surface area contributed by atoms with Crippen LogP contribution in [0.2, 0.25) is 0 Å². The summed E-state index contributed by atoms with van der Waals surface area (Å²) in [5.41, 5.74) is -0.948. The summed E-state index contributed by atoms with van der Waals surface area (Å²) < 4.78 is 5.20. The van der Waals surface area contributed by atoms with Crippen molar-refractivity contribution in [2.75, 3.05) is 32.8 Å². The minimum Gasteiger partial charge on any atom is -0.481 e. The van der Waals surface area contributed by atoms with E-state index in [0.717, 1.165) is 19.3 Å². The zero-order chi connectivity index (χ0) is 16.0. The lowest BCUT2D eigenvalue weighted by atomic mass is 9.80. The summed E-state index contributed by atoms with van der Waals surface area (Å²) in [6, 6.07) is 0. The molecule has 2 aliphatic rings. The van der Waals surface area contributed by atoms with E-state index < -0.39 is 11.4 Å². The Hall–Kier alpha value is -1.63. The fourth-order valence-corrected chi connectivity index (χ4v) is 2.93. The van der Waals surface area contributed by atoms with Crippen LogP contribution in [0.5, 0.6) is 0 Å². The van der Waals surface area contributed by atoms with Crippen molar-refractivity contribution in [2.24, 2.45) is 5.41 Å². The van der Waals surface area contributed by atoms with E-state index in [1.54, 1.807) is 4.90 Å². The number of likely N-dealkylation sites (tertiary alicyclic amines) is 1. The van der Waals surface area contributed by atoms with Gasteiger partial charge in [0, 0.05) is 32.7 Å². The summed E-state index contributed by atoms with van der Waals surface area (Å²) in [4.78, 5) is 37.0. The van der Waals surface area contributed by atoms with Crippen molar-refractivity contribution in [3.05, 3.63) is 0 Å². The highest BCUT2D eigenvalue weighted by atomic mass is 16.5. The van der Waals surface area contributed by atoms with Gasteiger partial charge in [0.25, 0.3) is 0 Å². The zero-order valence-electron chi connectivity index (χ0n) is 12.8. The van der Waals surface area contributed by atoms with Gasteiger partial charge >= 0.3 is 5.97 Å². The van der Waals surface area contributed by atoms with Crippen molar-refractivity contribution in [3.8, 4) is 0 Å². The Balaban J connectivity index is 1.85. The molecular formula is C15H24N2O5. The van der Waals surface area contributed by atoms with Crippen LogP contribution in [-0.4, -0.2) is 60.6 Å². The number of nitrogens with one attached hydrogen (secondary N) is 1. The van der Waals surface area contributed by atoms with Crippen molar-refractivity contribution in [1.82, 2.24) is 10.2 Å². The molecule has 0 radical (unpaired) electrons. The topological polar surface area (TPSA) is 95.9 Å². The number of rotatable bonds is 5. The first-order valence-electron chi connectivity index (χ1n) is 7.89. The molecule has 0 aliphatic carbocycles. The van der Waals surface area contributed by atoms with E-state index in [2.05, 4.69) is 5.32 Å². The van der Waals surface area contributed by atoms with Crippen molar-refractivity contribution >= 4 is 17.8 Å². The van der Waals surface area contributed by atoms with Gasteiger partial charge in [-0.2, -0.15) is 0 Å². The van der Waals surface area contributed by atoms with Crippen LogP contribution in [0.15, 0.2) is 0 Å². The number of amides is 2. The molecule has 2 fully saturated rings. The molecule has 2 rings (SSSR count). The average molecular weight is 312 g/mol. The average Bonchev–Trinajstić information content (AvgIpc) is 2.71. The van der Waals surface area contributed by atoms with Gasteiger partial charge < -0.3 is 20.1 Å². The second-order valence-corrected chi connectivity index (χ2v) is 6.10. The largest absolute Gasteiger partial charge is 0.481 e. The van der Waals surface area contributed by atoms with Crippen molar-refractivity contribution in [1.29, 1.82) is 0 Å². The molecule has 2 N–H and O–H groups in total. The molecule has 2 amide bonds. The van der Waals surface area contributed by atoms with Gasteiger partial charge in [-0.1, -0.05) is 6.42 Å². The van der Waals surface area contributed by atoms with Crippen LogP contribution in [0.1, 0.15) is 38.5 Å². The number of ether oxygens (including phenoxy) is 1. The molecule has 0 aromatic heterocycles. The normalized spacial score (nSPS) is 22.0. The summed E-state index contributed by atoms with van der Waals surface area (Å²) in [6.45, 7) is 1.50. The number of carbonyl (C=O) groups excluding carboxylic acids is 2. The highest BCUT2D eigenvalue weighted by Crippen LogP contribution is 2.30. The molecule has 124 valence electrons. The maximum Gasteiger partial charge on any atom is 0.311 e. The van der Waals surface area contributed by atoms with Crippen molar-refractivity contribution < 1.29 is 24.2 Å². The monoisotopic (exact) mass is 312 g/mol. The first kappa shape index (κ1) is 16.7. The third kappa shape index (κ3) is 4.19. The van der Waals surface area contributed by atoms with E-state index in [0.29, 0.717) is 39.0 Å². The molecule has 2 heterocycles. The van der Waals surface area contributed by atoms with Gasteiger partial charge in [0.15, 0.2) is 0 Å². The van der Waals surface area contributed by atoms with Crippen molar-refractivity contribution in [2.45, 2.75) is 38.5 Å². The molecule has 7 nitrogen and oxygen atoms in total. The Morgan fingerprint density at radius 3 is 2.64 bits per heavy atom. The maximum absolute atomic E-state index is 12.0. The predicted molar refractivity (Wildman–Crippen MR) is 78.2 cm³/mol. The third-order valence-corrected chi connectivity index (χ3v) is 4.53. The molecule has 2 aliphatic heterocycles. The number of nitrogens with zero attached hydrogens (tertiary/aromatic N) is 1. The van der Waals surface area contributed by atoms with E-state index in [4.69, 9.17) is 4.74 Å². The van der Waals surface area contributed by atoms with Gasteiger partial charge in [-0.15, -0.1) is 0 Å². The Labute approximate surface area is 130 Å². The molecule has 0 aromatic rings. The smallest absolute Gasteiger partial charge is 0.311 e. The fourth-order valence-electron chi connectivity index (χ4n) is 2.93. The van der Waals surface area contributed by atoms with Crippen LogP contribution in [-0.2, 0) is 19.1 Å². The Bertz CT molecular complexity index is 432. The highest BCUT2D eigenvalue weighted by Gasteiger charge is 2.40. The summed E-state index contributed by atoms with van der Waals surface area (Å²) in [6.07, 6.45) is 4.07. The standard InChI is InChI=1S/C15H24N2O5/c18-12(10-17-7-3-1-2-4-13(17)19)16-11-15(14(20)21)5-8-22-9-6-15/h1-11H2,(H,16,18)(H,20,21). The highest BCUT2D eigenvalue weighted by molar-refractivity contribution is 5.85. The number of aliphatic carboxylic acids is 1. The first-order valence-corrected chi connectivity index (χ1v) is 7.89. The van der Waals surface area contributed by atoms with Crippen LogP contribution < -0.4 is 5.32 Å². The lowest BCUT2D eigenvalue weighted by molar-refractivity contribution is -0.155. The van der Waals surface area contributed by atoms with E-state index >= 15 is 0 Å². The molecule has 0 saturated carbocycles. The Morgan fingerprint density at radius 2 is 1.95 bits per heavy atom. The molecular weight excluding hydrogens is 288 g/mol. The van der Waals surface area contributed by atoms with E-state index in [9.17, 15) is 19.5 Å². The molecule has 2 saturated heterocycles. The van der Waals surface area contributed by atoms with Crippen LogP contribution in [0.25, 0.3) is 0 Å². The summed E-state index contributed by atoms with van der Waals surface area (Å²) in [5.74, 6) is -1.18. The number of hydrogen-bond donors (Lipinski definition) is 2. The second kappa shape index (κ2) is 7.58. The maximum atomic E-state index is 12.0. The quantitative estimate of drug-likeness (QED) is 0.765. The van der Waals surface area contributed by atoms with Gasteiger partial charge in [0.2, 0.25) is 11.8 Å². The third-order valence-electron chi connectivity index (χ3n) is 4.53. The predicted octanol–water partition coefficient (Wildman–Crippen LogP) is 0.387. The molecule has 0 bridgehead atoms. The molecule has 0 aromatic carbocycles. The summed E-state index contributed by atoms with van der Waals surface area (Å²) in [7, 11) is 0. The van der Waals surface area contributed by atoms with E-state index in [1.165, 1.54) is 0 Å². The summed E-state index contributed by atoms with van der Waals surface area (Å²) in [5, 5.41) is 12.1. The van der Waals surface area contributed by atoms with E-state index in [-0.39, 0.29) is 24.9 Å². The molecule has 0 spiro atoms. The van der Waals surface area contributed by atoms with Crippen LogP contribution >= 0.6 is 0 Å². The minimum atomic E-state index is -0.948. The first-order chi connectivity index (χ1) is 10.5. The molecule has 22 heavy (non-hydrogen) atoms. The van der Waals surface area contributed by atoms with Crippen LogP contribution in [0, 0.1) is 5.41 Å². The van der Waals surface area contributed by atoms with Gasteiger partial charge in [0.05, 0.1) is 12.0 Å². The van der Waals surface area contributed by atoms with Gasteiger partial charge in [0.1, 0.15) is 0 Å². The Kier molecular flexibility index (Phi) is 5.76. The SMILES string of the molecule is O=C(CN1CCCCCC1=O)NCC1(C(=O)O)CCOCC1. The van der Waals surface area contributed by atoms with Gasteiger partial charge in [-0.25, -0.2) is 0 Å². The number of carboxylic acids is 1. The Morgan fingerprint density at radius 1 is 1.23 bits per heavy atom. The molecule has 7 heteroatoms. The van der Waals surface area contributed by atoms with Crippen LogP contribution in [0.4, 0.5) is 0 Å². The lowest BCUT2D eigenvalue weighted by Gasteiger charge is -2.33. The van der Waals surface area contributed by atoms with E-state index in [1.807, 2.05) is 0 Å². The van der Waals surface area contributed by atoms with Crippen molar-refractivity contribution in [3.63, 3.8) is 0 Å². The number of carboxylic acid groups (broad SMARTS) is 1. The minimum absolute atomic E-state index is 0.00617. The summed E-state index contributed by atoms with van der Waals surface area (Å²) >= 11 is 0. The van der Waals surface area contributed by atoms with Gasteiger partial charge in [-0.05, 0) is 25.7 Å². The number of hydrogen-bond acceptors (Lipinski definition) is 4. The molecule has 0 atom stereocenters.